The minimum absolute atomic E-state index is 0.0781. The number of carboxylic acid groups (broad SMARTS) is 1. The fourth-order valence-corrected chi connectivity index (χ4v) is 2.36. The third-order valence-electron chi connectivity index (χ3n) is 0.837. The molecule has 0 fully saturated rings. The van der Waals surface area contributed by atoms with Gasteiger partial charge in [0, 0.05) is 0 Å². The maximum absolute atomic E-state index is 11.4. The van der Waals surface area contributed by atoms with Gasteiger partial charge in [-0.05, 0) is 31.9 Å². The number of hydrogen-bond acceptors (Lipinski definition) is 2. The van der Waals surface area contributed by atoms with Crippen LogP contribution in [-0.2, 0) is 9.59 Å². The lowest BCUT2D eigenvalue weighted by molar-refractivity contribution is -0.132. The van der Waals surface area contributed by atoms with Crippen LogP contribution in [0.1, 0.15) is 0 Å². The first-order chi connectivity index (χ1) is 5.68. The molecule has 0 amide bonds. The van der Waals surface area contributed by atoms with Crippen molar-refractivity contribution in [1.82, 2.24) is 0 Å². The Labute approximate surface area is 116 Å². The van der Waals surface area contributed by atoms with Gasteiger partial charge in [-0.3, -0.25) is 4.79 Å². The molecule has 0 unspecified atom stereocenters. The minimum Gasteiger partial charge on any atom is -0.477 e. The SMILES string of the molecule is O=C(O)C(Br)=C(Br)C(=O)C(Br)(Br)Br. The molecule has 0 saturated heterocycles. The number of Topliss-reactive ketones (excluding diaryl/α,β-unsaturated/α-hetero) is 1. The molecule has 0 aliphatic heterocycles. The van der Waals surface area contributed by atoms with Gasteiger partial charge in [0.15, 0.2) is 2.14 Å². The summed E-state index contributed by atoms with van der Waals surface area (Å²) in [5.41, 5.74) is 0. The van der Waals surface area contributed by atoms with Crippen molar-refractivity contribution in [3.05, 3.63) is 8.96 Å². The van der Waals surface area contributed by atoms with Gasteiger partial charge in [-0.25, -0.2) is 4.79 Å². The van der Waals surface area contributed by atoms with Crippen molar-refractivity contribution >= 4 is 91.4 Å². The van der Waals surface area contributed by atoms with E-state index in [1.165, 1.54) is 0 Å². The Morgan fingerprint density at radius 1 is 1.00 bits per heavy atom. The second-order valence-corrected chi connectivity index (χ2v) is 10.1. The zero-order valence-corrected chi connectivity index (χ0v) is 13.6. The Bertz CT molecular complexity index is 276. The molecule has 0 saturated carbocycles. The zero-order chi connectivity index (χ0) is 10.8. The van der Waals surface area contributed by atoms with Crippen LogP contribution < -0.4 is 0 Å². The summed E-state index contributed by atoms with van der Waals surface area (Å²) in [6, 6.07) is 0. The number of ketones is 1. The Morgan fingerprint density at radius 3 is 1.62 bits per heavy atom. The van der Waals surface area contributed by atoms with Crippen molar-refractivity contribution in [3.63, 3.8) is 0 Å². The quantitative estimate of drug-likeness (QED) is 0.459. The molecule has 0 heterocycles. The smallest absolute Gasteiger partial charge is 0.344 e. The summed E-state index contributed by atoms with van der Waals surface area (Å²) in [6.07, 6.45) is 0. The number of carboxylic acids is 1. The summed E-state index contributed by atoms with van der Waals surface area (Å²) in [5, 5.41) is 8.53. The lowest BCUT2D eigenvalue weighted by Gasteiger charge is -2.09. The van der Waals surface area contributed by atoms with E-state index in [1.54, 1.807) is 0 Å². The molecule has 0 atom stereocenters. The average Bonchev–Trinajstić information content (AvgIpc) is 1.98. The van der Waals surface area contributed by atoms with Crippen molar-refractivity contribution in [1.29, 1.82) is 0 Å². The monoisotopic (exact) mass is 504 g/mol. The molecule has 74 valence electrons. The van der Waals surface area contributed by atoms with E-state index in [0.29, 0.717) is 0 Å². The van der Waals surface area contributed by atoms with E-state index in [4.69, 9.17) is 5.11 Å². The molecule has 0 aromatic heterocycles. The van der Waals surface area contributed by atoms with Crippen LogP contribution >= 0.6 is 79.6 Å². The molecule has 0 aliphatic carbocycles. The molecular weight excluding hydrogens is 508 g/mol. The van der Waals surface area contributed by atoms with Crippen LogP contribution in [0.25, 0.3) is 0 Å². The Morgan fingerprint density at radius 2 is 1.38 bits per heavy atom. The first-order valence-corrected chi connectivity index (χ1v) is 6.54. The Hall–Kier alpha value is 1.28. The van der Waals surface area contributed by atoms with E-state index >= 15 is 0 Å². The molecular formula is C5HBr5O3. The molecule has 0 radical (unpaired) electrons. The van der Waals surface area contributed by atoms with Crippen LogP contribution in [-0.4, -0.2) is 19.0 Å². The van der Waals surface area contributed by atoms with E-state index in [-0.39, 0.29) is 8.96 Å². The van der Waals surface area contributed by atoms with Gasteiger partial charge in [0.2, 0.25) is 5.78 Å². The maximum atomic E-state index is 11.4. The van der Waals surface area contributed by atoms with Crippen LogP contribution in [0, 0.1) is 0 Å². The van der Waals surface area contributed by atoms with E-state index in [0.717, 1.165) is 0 Å². The highest BCUT2D eigenvalue weighted by Crippen LogP contribution is 2.39. The number of carbonyl (C=O) groups is 2. The van der Waals surface area contributed by atoms with Gasteiger partial charge >= 0.3 is 5.97 Å². The second kappa shape index (κ2) is 5.39. The van der Waals surface area contributed by atoms with Gasteiger partial charge in [0.25, 0.3) is 0 Å². The standard InChI is InChI=1S/C5HBr5O3/c6-1(2(7)4(12)13)3(11)5(8,9)10/h(H,12,13). The molecule has 0 rings (SSSR count). The molecule has 0 aromatic carbocycles. The van der Waals surface area contributed by atoms with E-state index in [1.807, 2.05) is 0 Å². The third kappa shape index (κ3) is 4.55. The first-order valence-electron chi connectivity index (χ1n) is 2.58. The fourth-order valence-electron chi connectivity index (χ4n) is 0.318. The molecule has 8 heteroatoms. The van der Waals surface area contributed by atoms with Gasteiger partial charge in [0.05, 0.1) is 4.48 Å². The summed E-state index contributed by atoms with van der Waals surface area (Å²) < 4.78 is -1.47. The highest BCUT2D eigenvalue weighted by molar-refractivity contribution is 9.40. The van der Waals surface area contributed by atoms with Crippen LogP contribution in [0.3, 0.4) is 0 Å². The van der Waals surface area contributed by atoms with Crippen LogP contribution in [0.15, 0.2) is 8.96 Å². The fraction of sp³-hybridized carbons (Fsp3) is 0.200. The van der Waals surface area contributed by atoms with Crippen LogP contribution in [0.4, 0.5) is 0 Å². The highest BCUT2D eigenvalue weighted by atomic mass is 80.0. The van der Waals surface area contributed by atoms with E-state index < -0.39 is 13.9 Å². The van der Waals surface area contributed by atoms with Gasteiger partial charge < -0.3 is 5.11 Å². The number of aliphatic carboxylic acids is 1. The summed E-state index contributed by atoms with van der Waals surface area (Å²) in [5.74, 6) is -1.72. The molecule has 13 heavy (non-hydrogen) atoms. The molecule has 0 bridgehead atoms. The molecule has 3 nitrogen and oxygen atoms in total. The van der Waals surface area contributed by atoms with Crippen molar-refractivity contribution < 1.29 is 14.7 Å². The van der Waals surface area contributed by atoms with Gasteiger partial charge in [-0.2, -0.15) is 0 Å². The highest BCUT2D eigenvalue weighted by Gasteiger charge is 2.32. The predicted octanol–water partition coefficient (Wildman–Crippen LogP) is 3.48. The van der Waals surface area contributed by atoms with Crippen LogP contribution in [0.5, 0.6) is 0 Å². The Kier molecular flexibility index (Phi) is 5.92. The summed E-state index contributed by atoms with van der Waals surface area (Å²) in [4.78, 5) is 21.8. The van der Waals surface area contributed by atoms with Gasteiger partial charge in [-0.15, -0.1) is 0 Å². The normalized spacial score (nSPS) is 13.6. The first kappa shape index (κ1) is 14.3. The lowest BCUT2D eigenvalue weighted by atomic mass is 10.4. The maximum Gasteiger partial charge on any atom is 0.344 e. The number of hydrogen-bond donors (Lipinski definition) is 1. The molecule has 0 aliphatic rings. The number of rotatable bonds is 2. The number of halogens is 5. The summed E-state index contributed by atoms with van der Waals surface area (Å²) in [6.45, 7) is 0. The summed E-state index contributed by atoms with van der Waals surface area (Å²) >= 11 is 14.5. The zero-order valence-electron chi connectivity index (χ0n) is 5.65. The third-order valence-corrected chi connectivity index (χ3v) is 3.94. The number of allylic oxidation sites excluding steroid dienone is 1. The van der Waals surface area contributed by atoms with Gasteiger partial charge in [0.1, 0.15) is 4.48 Å². The van der Waals surface area contributed by atoms with Crippen molar-refractivity contribution in [2.24, 2.45) is 0 Å². The Balaban J connectivity index is 5.01. The topological polar surface area (TPSA) is 54.4 Å². The molecule has 1 N–H and O–H groups in total. The van der Waals surface area contributed by atoms with Crippen molar-refractivity contribution in [3.8, 4) is 0 Å². The van der Waals surface area contributed by atoms with Crippen molar-refractivity contribution in [2.45, 2.75) is 2.14 Å². The minimum atomic E-state index is -1.23. The predicted molar refractivity (Wildman–Crippen MR) is 67.0 cm³/mol. The molecule has 0 spiro atoms. The van der Waals surface area contributed by atoms with Crippen molar-refractivity contribution in [2.75, 3.05) is 0 Å². The lowest BCUT2D eigenvalue weighted by Crippen LogP contribution is -2.18. The average molecular weight is 509 g/mol. The second-order valence-electron chi connectivity index (χ2n) is 1.76. The van der Waals surface area contributed by atoms with E-state index in [9.17, 15) is 9.59 Å². The van der Waals surface area contributed by atoms with Crippen LogP contribution in [0.2, 0.25) is 0 Å². The largest absolute Gasteiger partial charge is 0.477 e. The number of carbonyl (C=O) groups excluding carboxylic acids is 1. The summed E-state index contributed by atoms with van der Waals surface area (Å²) in [7, 11) is 0. The number of alkyl halides is 3. The van der Waals surface area contributed by atoms with E-state index in [2.05, 4.69) is 79.6 Å². The van der Waals surface area contributed by atoms with Gasteiger partial charge in [-0.1, -0.05) is 47.8 Å². The molecule has 0 aromatic rings.